The number of allylic oxidation sites excluding steroid dienone is 2. The minimum absolute atomic E-state index is 0.810. The largest absolute Gasteiger partial charge is 0.0843 e. The number of benzene rings is 2. The highest BCUT2D eigenvalue weighted by atomic mass is 35.5. The molecule has 0 N–H and O–H groups in total. The fourth-order valence-corrected chi connectivity index (χ4v) is 3.42. The van der Waals surface area contributed by atoms with E-state index in [2.05, 4.69) is 37.3 Å². The van der Waals surface area contributed by atoms with Crippen LogP contribution in [0.25, 0.3) is 16.3 Å². The summed E-state index contributed by atoms with van der Waals surface area (Å²) in [4.78, 5) is 0. The maximum absolute atomic E-state index is 6.04. The molecule has 0 bridgehead atoms. The molecule has 0 aliphatic heterocycles. The van der Waals surface area contributed by atoms with E-state index >= 15 is 0 Å². The van der Waals surface area contributed by atoms with Crippen LogP contribution in [0.3, 0.4) is 0 Å². The van der Waals surface area contributed by atoms with Crippen molar-refractivity contribution in [2.75, 3.05) is 0 Å². The van der Waals surface area contributed by atoms with E-state index in [1.807, 2.05) is 12.1 Å². The number of halogens is 1. The van der Waals surface area contributed by atoms with Crippen molar-refractivity contribution >= 4 is 27.9 Å². The lowest BCUT2D eigenvalue weighted by Crippen LogP contribution is -2.04. The fraction of sp³-hybridized carbons (Fsp3) is 0.368. The quantitative estimate of drug-likeness (QED) is 0.605. The molecular formula is C19H21Cl. The molecule has 1 aliphatic carbocycles. The molecule has 0 nitrogen and oxygen atoms in total. The summed E-state index contributed by atoms with van der Waals surface area (Å²) in [5.74, 6) is 0.906. The Labute approximate surface area is 126 Å². The van der Waals surface area contributed by atoms with Crippen molar-refractivity contribution in [3.05, 3.63) is 53.1 Å². The SMILES string of the molecule is CCCC1CC=C(c2ccc3cc(Cl)ccc3c2)CC1. The molecule has 1 atom stereocenters. The van der Waals surface area contributed by atoms with Crippen molar-refractivity contribution in [2.45, 2.75) is 39.0 Å². The van der Waals surface area contributed by atoms with Gasteiger partial charge in [0.2, 0.25) is 0 Å². The summed E-state index contributed by atoms with van der Waals surface area (Å²) in [5, 5.41) is 3.31. The third-order valence-electron chi connectivity index (χ3n) is 4.39. The molecule has 104 valence electrons. The summed E-state index contributed by atoms with van der Waals surface area (Å²) >= 11 is 6.04. The molecular weight excluding hydrogens is 264 g/mol. The van der Waals surface area contributed by atoms with Crippen molar-refractivity contribution < 1.29 is 0 Å². The Morgan fingerprint density at radius 3 is 2.65 bits per heavy atom. The summed E-state index contributed by atoms with van der Waals surface area (Å²) in [7, 11) is 0. The van der Waals surface area contributed by atoms with Gasteiger partial charge in [-0.05, 0) is 65.3 Å². The highest BCUT2D eigenvalue weighted by molar-refractivity contribution is 6.31. The van der Waals surface area contributed by atoms with Crippen LogP contribution in [-0.2, 0) is 0 Å². The van der Waals surface area contributed by atoms with Gasteiger partial charge in [-0.25, -0.2) is 0 Å². The van der Waals surface area contributed by atoms with Gasteiger partial charge in [0.05, 0.1) is 0 Å². The van der Waals surface area contributed by atoms with Crippen molar-refractivity contribution in [3.8, 4) is 0 Å². The molecule has 0 saturated carbocycles. The Hall–Kier alpha value is -1.27. The van der Waals surface area contributed by atoms with Gasteiger partial charge in [-0.3, -0.25) is 0 Å². The Kier molecular flexibility index (Phi) is 4.12. The predicted octanol–water partition coefficient (Wildman–Crippen LogP) is 6.48. The standard InChI is InChI=1S/C19H21Cl/c1-2-3-14-4-6-15(7-5-14)16-8-9-18-13-19(20)11-10-17(18)12-16/h6,8-14H,2-5,7H2,1H3. The second-order valence-corrected chi connectivity index (χ2v) is 6.30. The first-order chi connectivity index (χ1) is 9.76. The maximum Gasteiger partial charge on any atom is 0.0412 e. The van der Waals surface area contributed by atoms with E-state index in [0.717, 1.165) is 10.9 Å². The molecule has 0 amide bonds. The van der Waals surface area contributed by atoms with Crippen LogP contribution in [-0.4, -0.2) is 0 Å². The van der Waals surface area contributed by atoms with Crippen LogP contribution in [0.15, 0.2) is 42.5 Å². The molecule has 1 aliphatic rings. The maximum atomic E-state index is 6.04. The predicted molar refractivity (Wildman–Crippen MR) is 89.2 cm³/mol. The van der Waals surface area contributed by atoms with Gasteiger partial charge >= 0.3 is 0 Å². The van der Waals surface area contributed by atoms with Gasteiger partial charge in [0.25, 0.3) is 0 Å². The first-order valence-electron chi connectivity index (χ1n) is 7.65. The van der Waals surface area contributed by atoms with Gasteiger partial charge < -0.3 is 0 Å². The second-order valence-electron chi connectivity index (χ2n) is 5.86. The van der Waals surface area contributed by atoms with E-state index in [4.69, 9.17) is 11.6 Å². The average Bonchev–Trinajstić information content (AvgIpc) is 2.48. The first kappa shape index (κ1) is 13.7. The van der Waals surface area contributed by atoms with E-state index in [1.165, 1.54) is 54.0 Å². The van der Waals surface area contributed by atoms with E-state index in [9.17, 15) is 0 Å². The molecule has 20 heavy (non-hydrogen) atoms. The third-order valence-corrected chi connectivity index (χ3v) is 4.62. The van der Waals surface area contributed by atoms with Gasteiger partial charge in [0.15, 0.2) is 0 Å². The Morgan fingerprint density at radius 1 is 1.10 bits per heavy atom. The zero-order chi connectivity index (χ0) is 13.9. The van der Waals surface area contributed by atoms with Crippen LogP contribution in [0.5, 0.6) is 0 Å². The van der Waals surface area contributed by atoms with Crippen LogP contribution in [0.2, 0.25) is 5.02 Å². The second kappa shape index (κ2) is 6.01. The fourth-order valence-electron chi connectivity index (χ4n) is 3.24. The van der Waals surface area contributed by atoms with Crippen LogP contribution >= 0.6 is 11.6 Å². The Morgan fingerprint density at radius 2 is 1.90 bits per heavy atom. The molecule has 3 rings (SSSR count). The van der Waals surface area contributed by atoms with Crippen molar-refractivity contribution in [1.29, 1.82) is 0 Å². The normalized spacial score (nSPS) is 19.1. The molecule has 2 aromatic rings. The molecule has 1 unspecified atom stereocenters. The van der Waals surface area contributed by atoms with Crippen LogP contribution < -0.4 is 0 Å². The van der Waals surface area contributed by atoms with Gasteiger partial charge in [0.1, 0.15) is 0 Å². The molecule has 0 heterocycles. The van der Waals surface area contributed by atoms with Crippen molar-refractivity contribution in [2.24, 2.45) is 5.92 Å². The van der Waals surface area contributed by atoms with E-state index < -0.39 is 0 Å². The minimum atomic E-state index is 0.810. The number of hydrogen-bond donors (Lipinski definition) is 0. The molecule has 0 radical (unpaired) electrons. The third kappa shape index (κ3) is 2.91. The van der Waals surface area contributed by atoms with Crippen molar-refractivity contribution in [3.63, 3.8) is 0 Å². The van der Waals surface area contributed by atoms with Gasteiger partial charge in [-0.1, -0.05) is 55.6 Å². The summed E-state index contributed by atoms with van der Waals surface area (Å²) < 4.78 is 0. The highest BCUT2D eigenvalue weighted by Crippen LogP contribution is 2.33. The minimum Gasteiger partial charge on any atom is -0.0843 e. The summed E-state index contributed by atoms with van der Waals surface area (Å²) in [5.41, 5.74) is 2.91. The van der Waals surface area contributed by atoms with Gasteiger partial charge in [0, 0.05) is 5.02 Å². The average molecular weight is 285 g/mol. The highest BCUT2D eigenvalue weighted by Gasteiger charge is 2.14. The lowest BCUT2D eigenvalue weighted by atomic mass is 9.84. The summed E-state index contributed by atoms with van der Waals surface area (Å²) in [6.07, 6.45) is 8.97. The van der Waals surface area contributed by atoms with Gasteiger partial charge in [-0.2, -0.15) is 0 Å². The number of rotatable bonds is 3. The lowest BCUT2D eigenvalue weighted by molar-refractivity contribution is 0.445. The number of fused-ring (bicyclic) bond motifs is 1. The topological polar surface area (TPSA) is 0 Å². The zero-order valence-electron chi connectivity index (χ0n) is 12.0. The van der Waals surface area contributed by atoms with Crippen LogP contribution in [0.4, 0.5) is 0 Å². The molecule has 0 aromatic heterocycles. The van der Waals surface area contributed by atoms with Crippen molar-refractivity contribution in [1.82, 2.24) is 0 Å². The monoisotopic (exact) mass is 284 g/mol. The summed E-state index contributed by atoms with van der Waals surface area (Å²) in [6, 6.07) is 12.9. The Balaban J connectivity index is 1.86. The van der Waals surface area contributed by atoms with Gasteiger partial charge in [-0.15, -0.1) is 0 Å². The zero-order valence-corrected chi connectivity index (χ0v) is 12.8. The molecule has 0 spiro atoms. The van der Waals surface area contributed by atoms with Crippen LogP contribution in [0, 0.1) is 5.92 Å². The molecule has 2 aromatic carbocycles. The number of hydrogen-bond acceptors (Lipinski definition) is 0. The molecule has 0 fully saturated rings. The lowest BCUT2D eigenvalue weighted by Gasteiger charge is -2.21. The Bertz CT molecular complexity index is 639. The first-order valence-corrected chi connectivity index (χ1v) is 8.03. The van der Waals surface area contributed by atoms with E-state index in [1.54, 1.807) is 0 Å². The smallest absolute Gasteiger partial charge is 0.0412 e. The van der Waals surface area contributed by atoms with Crippen LogP contribution in [0.1, 0.15) is 44.6 Å². The van der Waals surface area contributed by atoms with E-state index in [-0.39, 0.29) is 0 Å². The van der Waals surface area contributed by atoms with E-state index in [0.29, 0.717) is 0 Å². The molecule has 1 heteroatoms. The summed E-state index contributed by atoms with van der Waals surface area (Å²) in [6.45, 7) is 2.29. The molecule has 0 saturated heterocycles.